The van der Waals surface area contributed by atoms with E-state index in [4.69, 9.17) is 0 Å². The summed E-state index contributed by atoms with van der Waals surface area (Å²) in [7, 11) is 0. The molecule has 1 aliphatic heterocycles. The number of likely N-dealkylation sites (tertiary alicyclic amines) is 1. The Morgan fingerprint density at radius 3 is 2.12 bits per heavy atom. The van der Waals surface area contributed by atoms with Crippen LogP contribution in [0.4, 0.5) is 13.2 Å². The molecule has 0 aromatic carbocycles. The van der Waals surface area contributed by atoms with Crippen LogP contribution in [0.15, 0.2) is 0 Å². The third-order valence-electron chi connectivity index (χ3n) is 6.94. The van der Waals surface area contributed by atoms with E-state index >= 15 is 0 Å². The van der Waals surface area contributed by atoms with E-state index in [1.54, 1.807) is 5.32 Å². The van der Waals surface area contributed by atoms with Crippen LogP contribution < -0.4 is 5.32 Å². The molecule has 2 N–H and O–H groups in total. The summed E-state index contributed by atoms with van der Waals surface area (Å²) in [6.07, 6.45) is -4.41. The summed E-state index contributed by atoms with van der Waals surface area (Å²) >= 11 is 0. The van der Waals surface area contributed by atoms with Crippen LogP contribution in [0.25, 0.3) is 0 Å². The second kappa shape index (κ2) is 4.72. The average molecular weight is 376 g/mol. The minimum absolute atomic E-state index is 0.199. The van der Waals surface area contributed by atoms with Crippen LogP contribution in [-0.4, -0.2) is 52.6 Å². The van der Waals surface area contributed by atoms with Crippen molar-refractivity contribution in [2.75, 3.05) is 6.54 Å². The number of hydrogen-bond acceptors (Lipinski definition) is 3. The van der Waals surface area contributed by atoms with Crippen LogP contribution in [0.2, 0.25) is 0 Å². The van der Waals surface area contributed by atoms with Gasteiger partial charge in [0.2, 0.25) is 5.91 Å². The molecule has 3 unspecified atom stereocenters. The standard InChI is InChI=1S/C17H23F3N2O4/c1-13(2,3)8(21-12(26)17(18,19)20)10(23)22-7-15-6-16(15,14(15,4)5)9(22)11(24)25/h8-9H,6-7H2,1-5H3,(H,21,26)(H,24,25)/t8?,9-,15?,16?/m1/s1. The first-order valence-corrected chi connectivity index (χ1v) is 8.45. The van der Waals surface area contributed by atoms with Crippen LogP contribution in [-0.2, 0) is 14.4 Å². The number of nitrogens with zero attached hydrogens (tertiary/aromatic N) is 1. The fraction of sp³-hybridized carbons (Fsp3) is 0.824. The number of rotatable bonds is 3. The third kappa shape index (κ3) is 2.02. The molecular weight excluding hydrogens is 353 g/mol. The maximum atomic E-state index is 13.0. The number of carbonyl (C=O) groups excluding carboxylic acids is 2. The Morgan fingerprint density at radius 2 is 1.73 bits per heavy atom. The molecule has 9 heteroatoms. The Kier molecular flexibility index (Phi) is 3.45. The van der Waals surface area contributed by atoms with Crippen molar-refractivity contribution in [3.63, 3.8) is 0 Å². The molecule has 0 radical (unpaired) electrons. The fourth-order valence-electron chi connectivity index (χ4n) is 5.28. The van der Waals surface area contributed by atoms with Crippen molar-refractivity contribution < 1.29 is 32.7 Å². The number of hydrogen-bond donors (Lipinski definition) is 2. The number of carboxylic acids is 1. The topological polar surface area (TPSA) is 86.7 Å². The lowest BCUT2D eigenvalue weighted by molar-refractivity contribution is -0.176. The number of carbonyl (C=O) groups is 3. The number of amides is 2. The van der Waals surface area contributed by atoms with Gasteiger partial charge in [0.25, 0.3) is 0 Å². The van der Waals surface area contributed by atoms with E-state index in [2.05, 4.69) is 0 Å². The van der Waals surface area contributed by atoms with Crippen LogP contribution in [0.5, 0.6) is 0 Å². The smallest absolute Gasteiger partial charge is 0.471 e. The molecule has 1 saturated heterocycles. The Hall–Kier alpha value is -1.80. The Labute approximate surface area is 149 Å². The number of piperidine rings is 2. The van der Waals surface area contributed by atoms with Gasteiger partial charge in [-0.1, -0.05) is 34.6 Å². The number of alkyl halides is 3. The molecule has 3 aliphatic rings. The second-order valence-electron chi connectivity index (χ2n) is 9.33. The maximum Gasteiger partial charge on any atom is 0.471 e. The molecule has 2 aliphatic carbocycles. The van der Waals surface area contributed by atoms with E-state index in [-0.39, 0.29) is 17.4 Å². The van der Waals surface area contributed by atoms with E-state index in [0.717, 1.165) is 4.90 Å². The summed E-state index contributed by atoms with van der Waals surface area (Å²) in [6, 6.07) is -2.54. The molecule has 6 nitrogen and oxygen atoms in total. The van der Waals surface area contributed by atoms with E-state index in [9.17, 15) is 32.7 Å². The molecule has 0 aromatic heterocycles. The van der Waals surface area contributed by atoms with E-state index < -0.39 is 46.9 Å². The Morgan fingerprint density at radius 1 is 1.19 bits per heavy atom. The van der Waals surface area contributed by atoms with Crippen molar-refractivity contribution in [3.8, 4) is 0 Å². The number of carboxylic acid groups (broad SMARTS) is 1. The minimum atomic E-state index is -5.12. The summed E-state index contributed by atoms with van der Waals surface area (Å²) in [5, 5.41) is 11.4. The SMILES string of the molecule is CC(C)(C)C(NC(=O)C(F)(F)F)C(=O)N1CC23CC2([C@H]1C(=O)O)C3(C)C. The van der Waals surface area contributed by atoms with Crippen molar-refractivity contribution in [1.29, 1.82) is 0 Å². The van der Waals surface area contributed by atoms with E-state index in [1.807, 2.05) is 13.8 Å². The molecule has 4 atom stereocenters. The van der Waals surface area contributed by atoms with Crippen LogP contribution in [0.3, 0.4) is 0 Å². The molecule has 2 saturated carbocycles. The normalized spacial score (nSPS) is 35.2. The molecule has 3 fully saturated rings. The lowest BCUT2D eigenvalue weighted by atomic mass is 9.79. The van der Waals surface area contributed by atoms with Crippen molar-refractivity contribution in [1.82, 2.24) is 10.2 Å². The zero-order chi connectivity index (χ0) is 20.1. The molecular formula is C17H23F3N2O4. The highest BCUT2D eigenvalue weighted by Gasteiger charge is 3.02. The van der Waals surface area contributed by atoms with Crippen molar-refractivity contribution in [2.24, 2.45) is 21.7 Å². The third-order valence-corrected chi connectivity index (χ3v) is 6.94. The van der Waals surface area contributed by atoms with Gasteiger partial charge in [0.05, 0.1) is 0 Å². The van der Waals surface area contributed by atoms with Crippen molar-refractivity contribution in [3.05, 3.63) is 0 Å². The molecule has 1 heterocycles. The highest BCUT2D eigenvalue weighted by atomic mass is 19.4. The minimum Gasteiger partial charge on any atom is -0.480 e. The van der Waals surface area contributed by atoms with E-state index in [0.29, 0.717) is 6.42 Å². The first-order valence-electron chi connectivity index (χ1n) is 8.45. The Balaban J connectivity index is 1.87. The predicted molar refractivity (Wildman–Crippen MR) is 83.8 cm³/mol. The van der Waals surface area contributed by atoms with Crippen LogP contribution in [0, 0.1) is 21.7 Å². The molecule has 3 rings (SSSR count). The summed E-state index contributed by atoms with van der Waals surface area (Å²) in [5.74, 6) is -4.13. The van der Waals surface area contributed by atoms with Gasteiger partial charge >= 0.3 is 18.1 Å². The first-order chi connectivity index (χ1) is 11.5. The zero-order valence-electron chi connectivity index (χ0n) is 15.3. The zero-order valence-corrected chi connectivity index (χ0v) is 15.3. The lowest BCUT2D eigenvalue weighted by Crippen LogP contribution is -2.61. The summed E-state index contributed by atoms with van der Waals surface area (Å²) < 4.78 is 38.0. The maximum absolute atomic E-state index is 13.0. The number of halogens is 3. The van der Waals surface area contributed by atoms with Gasteiger partial charge in [-0.15, -0.1) is 0 Å². The van der Waals surface area contributed by atoms with Crippen LogP contribution in [0.1, 0.15) is 41.0 Å². The van der Waals surface area contributed by atoms with Gasteiger partial charge in [-0.3, -0.25) is 9.59 Å². The van der Waals surface area contributed by atoms with Gasteiger partial charge in [0, 0.05) is 17.4 Å². The average Bonchev–Trinajstić information content (AvgIpc) is 3.16. The quantitative estimate of drug-likeness (QED) is 0.786. The van der Waals surface area contributed by atoms with Gasteiger partial charge in [-0.05, 0) is 17.3 Å². The number of nitrogens with one attached hydrogen (secondary N) is 1. The fourth-order valence-corrected chi connectivity index (χ4v) is 5.28. The van der Waals surface area contributed by atoms with Gasteiger partial charge < -0.3 is 15.3 Å². The first kappa shape index (κ1) is 19.0. The summed E-state index contributed by atoms with van der Waals surface area (Å²) in [6.45, 7) is 8.70. The largest absolute Gasteiger partial charge is 0.480 e. The van der Waals surface area contributed by atoms with Crippen molar-refractivity contribution in [2.45, 2.75) is 59.3 Å². The molecule has 0 spiro atoms. The highest BCUT2D eigenvalue weighted by molar-refractivity contribution is 5.94. The summed E-state index contributed by atoms with van der Waals surface area (Å²) in [4.78, 5) is 37.4. The molecule has 2 amide bonds. The second-order valence-corrected chi connectivity index (χ2v) is 9.33. The molecule has 26 heavy (non-hydrogen) atoms. The van der Waals surface area contributed by atoms with E-state index in [1.165, 1.54) is 20.8 Å². The molecule has 0 bridgehead atoms. The van der Waals surface area contributed by atoms with Gasteiger partial charge in [-0.2, -0.15) is 13.2 Å². The molecule has 146 valence electrons. The Bertz CT molecular complexity index is 712. The number of aliphatic carboxylic acids is 1. The van der Waals surface area contributed by atoms with Gasteiger partial charge in [0.1, 0.15) is 12.1 Å². The highest BCUT2D eigenvalue weighted by Crippen LogP contribution is 3.00. The molecule has 0 aromatic rings. The summed E-state index contributed by atoms with van der Waals surface area (Å²) in [5.41, 5.74) is -1.98. The monoisotopic (exact) mass is 376 g/mol. The lowest BCUT2D eigenvalue weighted by Gasteiger charge is -2.41. The van der Waals surface area contributed by atoms with Gasteiger partial charge in [0.15, 0.2) is 0 Å². The predicted octanol–water partition coefficient (Wildman–Crippen LogP) is 1.79. The van der Waals surface area contributed by atoms with Crippen molar-refractivity contribution >= 4 is 17.8 Å². The van der Waals surface area contributed by atoms with Crippen LogP contribution >= 0.6 is 0 Å². The van der Waals surface area contributed by atoms with Gasteiger partial charge in [-0.25, -0.2) is 4.79 Å².